The Labute approximate surface area is 165 Å². The van der Waals surface area contributed by atoms with Gasteiger partial charge in [0.25, 0.3) is 0 Å². The van der Waals surface area contributed by atoms with Crippen molar-refractivity contribution in [3.05, 3.63) is 59.2 Å². The zero-order valence-electron chi connectivity index (χ0n) is 11.8. The molecule has 0 saturated heterocycles. The molecule has 0 bridgehead atoms. The van der Waals surface area contributed by atoms with E-state index < -0.39 is 11.8 Å². The minimum atomic E-state index is -1.43. The van der Waals surface area contributed by atoms with Gasteiger partial charge in [-0.25, -0.2) is 0 Å². The first-order chi connectivity index (χ1) is 9.00. The maximum Gasteiger partial charge on any atom is 1.00 e. The Bertz CT molecular complexity index is 674. The molecular weight excluding hydrogens is 292 g/mol. The van der Waals surface area contributed by atoms with Crippen LogP contribution in [0.4, 0.5) is 5.69 Å². The van der Waals surface area contributed by atoms with E-state index in [-0.39, 0.29) is 87.2 Å². The number of anilines is 1. The zero-order chi connectivity index (χ0) is 14.0. The van der Waals surface area contributed by atoms with E-state index in [9.17, 15) is 19.8 Å². The molecule has 0 aliphatic rings. The topological polar surface area (TPSA) is 106 Å². The van der Waals surface area contributed by atoms with Gasteiger partial charge in [-0.1, -0.05) is 42.1 Å². The summed E-state index contributed by atoms with van der Waals surface area (Å²) in [5, 5.41) is 22.1. The van der Waals surface area contributed by atoms with Gasteiger partial charge in [0.2, 0.25) is 0 Å². The molecule has 0 aliphatic heterocycles. The predicted octanol–water partition coefficient (Wildman–Crippen LogP) is -6.06. The fourth-order valence-corrected chi connectivity index (χ4v) is 1.70. The third-order valence-electron chi connectivity index (χ3n) is 2.66. The minimum absolute atomic E-state index is 0. The number of ketones is 1. The first-order valence-electron chi connectivity index (χ1n) is 5.42. The molecule has 0 fully saturated rings. The van der Waals surface area contributed by atoms with Crippen molar-refractivity contribution in [1.82, 2.24) is 0 Å². The van der Waals surface area contributed by atoms with E-state index in [2.05, 4.69) is 0 Å². The van der Waals surface area contributed by atoms with Crippen molar-refractivity contribution in [1.29, 1.82) is 0 Å². The van der Waals surface area contributed by atoms with Gasteiger partial charge in [-0.15, -0.1) is 0 Å². The molecule has 0 amide bonds. The molecule has 7 heteroatoms. The molecule has 96 valence electrons. The molecular formula is C14H9NNa2O4. The number of rotatable bonds is 3. The summed E-state index contributed by atoms with van der Waals surface area (Å²) in [7, 11) is 0. The Morgan fingerprint density at radius 1 is 0.952 bits per heavy atom. The largest absolute Gasteiger partial charge is 1.00 e. The van der Waals surface area contributed by atoms with E-state index in [1.165, 1.54) is 36.4 Å². The number of nitrogen functional groups attached to an aromatic ring is 1. The molecule has 0 unspecified atom stereocenters. The van der Waals surface area contributed by atoms with Gasteiger partial charge in [0.15, 0.2) is 5.78 Å². The van der Waals surface area contributed by atoms with Gasteiger partial charge < -0.3 is 20.7 Å². The molecule has 0 atom stereocenters. The summed E-state index contributed by atoms with van der Waals surface area (Å²) in [5.74, 6) is -2.34. The summed E-state index contributed by atoms with van der Waals surface area (Å²) < 4.78 is 0. The molecule has 0 aromatic heterocycles. The minimum Gasteiger partial charge on any atom is -0.871 e. The number of nitrogens with two attached hydrogens (primary N) is 1. The average Bonchev–Trinajstić information content (AvgIpc) is 2.41. The monoisotopic (exact) mass is 301 g/mol. The standard InChI is InChI=1S/C14H11NO4.2Na/c15-11-7-8(5-6-12(11)16)13(17)9-3-1-2-4-10(9)14(18)19;;/h1-7,16H,15H2,(H,18,19);;/q;2*+1/p-2. The number of aromatic carboxylic acids is 1. The molecule has 0 heterocycles. The van der Waals surface area contributed by atoms with E-state index >= 15 is 0 Å². The van der Waals surface area contributed by atoms with Gasteiger partial charge in [-0.2, -0.15) is 0 Å². The summed E-state index contributed by atoms with van der Waals surface area (Å²) in [6.07, 6.45) is 0. The van der Waals surface area contributed by atoms with Gasteiger partial charge in [0.1, 0.15) is 0 Å². The zero-order valence-corrected chi connectivity index (χ0v) is 15.8. The Hall–Kier alpha value is -0.820. The van der Waals surface area contributed by atoms with Crippen molar-refractivity contribution in [2.45, 2.75) is 0 Å². The Morgan fingerprint density at radius 3 is 2.05 bits per heavy atom. The Kier molecular flexibility index (Phi) is 8.25. The van der Waals surface area contributed by atoms with Crippen molar-refractivity contribution >= 4 is 17.4 Å². The van der Waals surface area contributed by atoms with Gasteiger partial charge in [-0.05, 0) is 6.07 Å². The van der Waals surface area contributed by atoms with E-state index in [0.29, 0.717) is 0 Å². The maximum absolute atomic E-state index is 12.2. The van der Waals surface area contributed by atoms with Crippen LogP contribution in [0.2, 0.25) is 0 Å². The Balaban J connectivity index is 0.00000200. The summed E-state index contributed by atoms with van der Waals surface area (Å²) in [6.45, 7) is 0. The van der Waals surface area contributed by atoms with Crippen LogP contribution < -0.4 is 75.1 Å². The van der Waals surface area contributed by atoms with Crippen LogP contribution in [-0.4, -0.2) is 11.8 Å². The maximum atomic E-state index is 12.2. The van der Waals surface area contributed by atoms with Gasteiger partial charge >= 0.3 is 59.1 Å². The van der Waals surface area contributed by atoms with E-state index in [0.717, 1.165) is 0 Å². The van der Waals surface area contributed by atoms with Crippen molar-refractivity contribution in [3.63, 3.8) is 0 Å². The van der Waals surface area contributed by atoms with Crippen LogP contribution in [0.15, 0.2) is 42.5 Å². The fraction of sp³-hybridized carbons (Fsp3) is 0. The molecule has 0 saturated carbocycles. The normalized spacial score (nSPS) is 9.14. The molecule has 0 spiro atoms. The smallest absolute Gasteiger partial charge is 0.871 e. The van der Waals surface area contributed by atoms with E-state index in [4.69, 9.17) is 5.73 Å². The average molecular weight is 301 g/mol. The second kappa shape index (κ2) is 8.58. The second-order valence-electron chi connectivity index (χ2n) is 3.91. The number of carboxylic acid groups (broad SMARTS) is 1. The van der Waals surface area contributed by atoms with Crippen molar-refractivity contribution in [3.8, 4) is 5.75 Å². The predicted molar refractivity (Wildman–Crippen MR) is 64.5 cm³/mol. The molecule has 21 heavy (non-hydrogen) atoms. The summed E-state index contributed by atoms with van der Waals surface area (Å²) in [5.41, 5.74) is 5.34. The van der Waals surface area contributed by atoms with Gasteiger partial charge in [0, 0.05) is 22.4 Å². The van der Waals surface area contributed by atoms with Crippen LogP contribution in [0.5, 0.6) is 5.75 Å². The van der Waals surface area contributed by atoms with Gasteiger partial charge in [-0.3, -0.25) is 4.79 Å². The first-order valence-corrected chi connectivity index (χ1v) is 5.42. The van der Waals surface area contributed by atoms with E-state index in [1.807, 2.05) is 0 Å². The molecule has 2 N–H and O–H groups in total. The van der Waals surface area contributed by atoms with Crippen LogP contribution in [0, 0.1) is 0 Å². The fourth-order valence-electron chi connectivity index (χ4n) is 1.70. The SMILES string of the molecule is Nc1cc(C(=O)c2ccccc2C(=O)[O-])ccc1[O-].[Na+].[Na+]. The van der Waals surface area contributed by atoms with Crippen molar-refractivity contribution in [2.75, 3.05) is 5.73 Å². The number of carbonyl (C=O) groups is 2. The number of hydrogen-bond acceptors (Lipinski definition) is 5. The molecule has 0 radical (unpaired) electrons. The summed E-state index contributed by atoms with van der Waals surface area (Å²) in [4.78, 5) is 23.1. The van der Waals surface area contributed by atoms with E-state index in [1.54, 1.807) is 6.07 Å². The van der Waals surface area contributed by atoms with Crippen LogP contribution in [-0.2, 0) is 0 Å². The number of carbonyl (C=O) groups excluding carboxylic acids is 2. The van der Waals surface area contributed by atoms with Crippen LogP contribution in [0.25, 0.3) is 0 Å². The molecule has 2 rings (SSSR count). The number of carboxylic acids is 1. The van der Waals surface area contributed by atoms with Crippen molar-refractivity contribution < 1.29 is 78.9 Å². The third kappa shape index (κ3) is 4.57. The van der Waals surface area contributed by atoms with Crippen LogP contribution >= 0.6 is 0 Å². The van der Waals surface area contributed by atoms with Gasteiger partial charge in [0.05, 0.1) is 5.97 Å². The van der Waals surface area contributed by atoms with Crippen molar-refractivity contribution in [2.24, 2.45) is 0 Å². The number of hydrogen-bond donors (Lipinski definition) is 1. The summed E-state index contributed by atoms with van der Waals surface area (Å²) >= 11 is 0. The molecule has 0 aliphatic carbocycles. The third-order valence-corrected chi connectivity index (χ3v) is 2.66. The molecule has 2 aromatic carbocycles. The second-order valence-corrected chi connectivity index (χ2v) is 3.91. The molecule has 5 nitrogen and oxygen atoms in total. The summed E-state index contributed by atoms with van der Waals surface area (Å²) in [6, 6.07) is 9.43. The quantitative estimate of drug-likeness (QED) is 0.345. The number of benzene rings is 2. The first kappa shape index (κ1) is 20.2. The Morgan fingerprint density at radius 2 is 1.52 bits per heavy atom. The van der Waals surface area contributed by atoms with Crippen LogP contribution in [0.3, 0.4) is 0 Å². The molecule has 2 aromatic rings. The van der Waals surface area contributed by atoms with Crippen LogP contribution in [0.1, 0.15) is 26.3 Å².